The van der Waals surface area contributed by atoms with Crippen molar-refractivity contribution in [2.75, 3.05) is 18.4 Å². The van der Waals surface area contributed by atoms with E-state index in [0.717, 1.165) is 42.3 Å². The minimum absolute atomic E-state index is 0.0105. The van der Waals surface area contributed by atoms with Crippen molar-refractivity contribution in [1.82, 2.24) is 19.9 Å². The first kappa shape index (κ1) is 28.5. The van der Waals surface area contributed by atoms with Crippen LogP contribution in [-0.4, -0.2) is 49.6 Å². The Morgan fingerprint density at radius 2 is 1.85 bits per heavy atom. The van der Waals surface area contributed by atoms with Gasteiger partial charge in [-0.25, -0.2) is 19.3 Å². The molecule has 0 saturated carbocycles. The number of rotatable bonds is 6. The van der Waals surface area contributed by atoms with Gasteiger partial charge < -0.3 is 15.3 Å². The molecule has 2 aromatic heterocycles. The van der Waals surface area contributed by atoms with Gasteiger partial charge in [0.2, 0.25) is 5.91 Å². The van der Waals surface area contributed by atoms with Crippen molar-refractivity contribution < 1.29 is 23.1 Å². The number of benzene rings is 1. The molecule has 1 atom stereocenters. The second-order valence-electron chi connectivity index (χ2n) is 10.8. The zero-order valence-corrected chi connectivity index (χ0v) is 23.3. The first-order valence-electron chi connectivity index (χ1n) is 12.9. The van der Waals surface area contributed by atoms with Gasteiger partial charge in [0.1, 0.15) is 23.1 Å². The molecule has 0 fully saturated rings. The summed E-state index contributed by atoms with van der Waals surface area (Å²) in [6.07, 6.45) is 0.679. The molecule has 1 amide bonds. The molecule has 4 rings (SSSR count). The molecule has 1 aliphatic heterocycles. The second kappa shape index (κ2) is 10.2. The molecule has 1 aliphatic rings. The first-order chi connectivity index (χ1) is 18.1. The zero-order valence-electron chi connectivity index (χ0n) is 23.3. The maximum absolute atomic E-state index is 15.4. The third-order valence-electron chi connectivity index (χ3n) is 7.29. The van der Waals surface area contributed by atoms with Crippen molar-refractivity contribution in [2.45, 2.75) is 72.5 Å². The Kier molecular flexibility index (Phi) is 7.46. The summed E-state index contributed by atoms with van der Waals surface area (Å²) < 4.78 is 45.1. The van der Waals surface area contributed by atoms with Crippen LogP contribution in [0.4, 0.5) is 19.0 Å². The van der Waals surface area contributed by atoms with Gasteiger partial charge in [-0.3, -0.25) is 4.79 Å². The molecule has 1 aromatic carbocycles. The highest BCUT2D eigenvalue weighted by molar-refractivity contribution is 5.90. The minimum atomic E-state index is -3.80. The van der Waals surface area contributed by atoms with Crippen LogP contribution in [0.15, 0.2) is 29.8 Å². The molecule has 0 radical (unpaired) electrons. The van der Waals surface area contributed by atoms with Crippen LogP contribution in [0.5, 0.6) is 0 Å². The van der Waals surface area contributed by atoms with E-state index in [4.69, 9.17) is 4.98 Å². The monoisotopic (exact) mass is 541 g/mol. The highest BCUT2D eigenvalue weighted by Crippen LogP contribution is 2.41. The number of pyridine rings is 1. The summed E-state index contributed by atoms with van der Waals surface area (Å²) >= 11 is 0. The fourth-order valence-electron chi connectivity index (χ4n) is 4.96. The number of hydrogen-bond acceptors (Lipinski definition) is 6. The van der Waals surface area contributed by atoms with E-state index < -0.39 is 28.9 Å². The predicted octanol–water partition coefficient (Wildman–Crippen LogP) is 5.84. The van der Waals surface area contributed by atoms with Crippen LogP contribution in [0.3, 0.4) is 0 Å². The van der Waals surface area contributed by atoms with E-state index in [2.05, 4.69) is 15.3 Å². The van der Waals surface area contributed by atoms with Crippen LogP contribution >= 0.6 is 0 Å². The van der Waals surface area contributed by atoms with Gasteiger partial charge in [-0.2, -0.15) is 8.78 Å². The van der Waals surface area contributed by atoms with Gasteiger partial charge in [0.05, 0.1) is 17.0 Å². The molecule has 39 heavy (non-hydrogen) atoms. The highest BCUT2D eigenvalue weighted by atomic mass is 19.3. The van der Waals surface area contributed by atoms with E-state index in [9.17, 15) is 18.7 Å². The van der Waals surface area contributed by atoms with Gasteiger partial charge in [-0.1, -0.05) is 17.7 Å². The van der Waals surface area contributed by atoms with Crippen LogP contribution < -0.4 is 5.32 Å². The topological polar surface area (TPSA) is 91.2 Å². The molecule has 208 valence electrons. The number of carbonyl (C=O) groups is 1. The van der Waals surface area contributed by atoms with E-state index in [1.165, 1.54) is 12.1 Å². The van der Waals surface area contributed by atoms with E-state index in [1.807, 2.05) is 19.9 Å². The van der Waals surface area contributed by atoms with Crippen LogP contribution in [0.2, 0.25) is 0 Å². The first-order valence-corrected chi connectivity index (χ1v) is 12.9. The quantitative estimate of drug-likeness (QED) is 0.407. The summed E-state index contributed by atoms with van der Waals surface area (Å²) in [6.45, 7) is 11.9. The summed E-state index contributed by atoms with van der Waals surface area (Å²) in [6, 6.07) is 4.96. The van der Waals surface area contributed by atoms with Gasteiger partial charge in [0, 0.05) is 31.3 Å². The number of fused-ring (bicyclic) bond motifs is 1. The van der Waals surface area contributed by atoms with E-state index in [1.54, 1.807) is 25.7 Å². The van der Waals surface area contributed by atoms with Crippen LogP contribution in [0, 0.1) is 19.7 Å². The number of nitrogens with one attached hydrogen (secondary N) is 1. The molecule has 3 aromatic rings. The van der Waals surface area contributed by atoms with Crippen LogP contribution in [-0.2, 0) is 10.7 Å². The minimum Gasteiger partial charge on any atom is -0.384 e. The van der Waals surface area contributed by atoms with E-state index in [-0.39, 0.29) is 11.5 Å². The number of halogens is 3. The lowest BCUT2D eigenvalue weighted by Crippen LogP contribution is -2.41. The molecule has 0 aliphatic carbocycles. The summed E-state index contributed by atoms with van der Waals surface area (Å²) in [5, 5.41) is 13.8. The molecular formula is C29H34F3N5O2. The zero-order chi connectivity index (χ0) is 28.9. The third-order valence-corrected chi connectivity index (χ3v) is 7.29. The van der Waals surface area contributed by atoms with Gasteiger partial charge in [0.15, 0.2) is 5.65 Å². The highest BCUT2D eigenvalue weighted by Gasteiger charge is 2.49. The average molecular weight is 542 g/mol. The molecule has 3 heterocycles. The fourth-order valence-corrected chi connectivity index (χ4v) is 4.96. The summed E-state index contributed by atoms with van der Waals surface area (Å²) in [5.41, 5.74) is 1.04. The Labute approximate surface area is 226 Å². The van der Waals surface area contributed by atoms with Crippen molar-refractivity contribution >= 4 is 28.3 Å². The summed E-state index contributed by atoms with van der Waals surface area (Å²) in [4.78, 5) is 27.4. The maximum Gasteiger partial charge on any atom is 0.303 e. The number of amides is 1. The molecule has 7 nitrogen and oxygen atoms in total. The number of nitrogens with zero attached hydrogens (tertiary/aromatic N) is 4. The normalized spacial score (nSPS) is 15.6. The van der Waals surface area contributed by atoms with Crippen molar-refractivity contribution in [1.29, 1.82) is 0 Å². The molecule has 0 saturated heterocycles. The number of hydrogen-bond donors (Lipinski definition) is 2. The van der Waals surface area contributed by atoms with Gasteiger partial charge >= 0.3 is 5.92 Å². The maximum atomic E-state index is 15.4. The Morgan fingerprint density at radius 3 is 2.46 bits per heavy atom. The van der Waals surface area contributed by atoms with Gasteiger partial charge in [-0.05, 0) is 71.2 Å². The van der Waals surface area contributed by atoms with Crippen LogP contribution in [0.25, 0.3) is 16.6 Å². The number of aryl methyl sites for hydroxylation is 2. The standard InChI is InChI=1S/C29H34F3N5O2/c1-15-14-37(19(5)38)12-11-20(15)22-13-23-26(35-18(4)36-27(23)34-17(22)3)33-16(2)21-9-8-10-24(25(21)30)29(31,32)28(6,7)39/h8-10,13,16,39H,11-12,14H2,1-7H3,(H,33,34,35,36)/t16-/m1/s1. The van der Waals surface area contributed by atoms with Gasteiger partial charge in [-0.15, -0.1) is 0 Å². The molecule has 2 N–H and O–H groups in total. The third kappa shape index (κ3) is 5.34. The average Bonchev–Trinajstić information content (AvgIpc) is 2.83. The van der Waals surface area contributed by atoms with Gasteiger partial charge in [0.25, 0.3) is 0 Å². The Hall–Kier alpha value is -3.53. The smallest absolute Gasteiger partial charge is 0.303 e. The van der Waals surface area contributed by atoms with Crippen molar-refractivity contribution in [3.8, 4) is 0 Å². The number of aromatic nitrogens is 3. The van der Waals surface area contributed by atoms with E-state index >= 15 is 4.39 Å². The number of aliphatic hydroxyl groups is 1. The largest absolute Gasteiger partial charge is 0.384 e. The SMILES string of the molecule is CC(=O)N1CCC(c2cc3c(N[C@H](C)c4cccc(C(F)(F)C(C)(C)O)c4F)nc(C)nc3nc2C)=C(C)C1. The summed E-state index contributed by atoms with van der Waals surface area (Å²) in [5.74, 6) is -4.01. The van der Waals surface area contributed by atoms with Crippen molar-refractivity contribution in [3.05, 3.63) is 63.9 Å². The van der Waals surface area contributed by atoms with Crippen LogP contribution in [0.1, 0.15) is 75.3 Å². The lowest BCUT2D eigenvalue weighted by atomic mass is 9.91. The molecule has 0 spiro atoms. The Morgan fingerprint density at radius 1 is 1.15 bits per heavy atom. The Bertz CT molecular complexity index is 1480. The second-order valence-corrected chi connectivity index (χ2v) is 10.8. The molecule has 10 heteroatoms. The molecular weight excluding hydrogens is 507 g/mol. The fraction of sp³-hybridized carbons (Fsp3) is 0.448. The lowest BCUT2D eigenvalue weighted by Gasteiger charge is -2.30. The Balaban J connectivity index is 1.76. The number of anilines is 1. The number of alkyl halides is 2. The predicted molar refractivity (Wildman–Crippen MR) is 145 cm³/mol. The summed E-state index contributed by atoms with van der Waals surface area (Å²) in [7, 11) is 0. The number of carbonyl (C=O) groups excluding carboxylic acids is 1. The van der Waals surface area contributed by atoms with Crippen molar-refractivity contribution in [3.63, 3.8) is 0 Å². The lowest BCUT2D eigenvalue weighted by molar-refractivity contribution is -0.170. The molecule has 0 bridgehead atoms. The molecule has 0 unspecified atom stereocenters. The van der Waals surface area contributed by atoms with E-state index in [0.29, 0.717) is 42.2 Å². The van der Waals surface area contributed by atoms with Crippen molar-refractivity contribution in [2.24, 2.45) is 0 Å².